The molecule has 0 saturated heterocycles. The molecule has 3 rings (SSSR count). The molecule has 0 spiro atoms. The smallest absolute Gasteiger partial charge is 0.172 e. The minimum absolute atomic E-state index is 0.683. The number of benzene rings is 1. The van der Waals surface area contributed by atoms with Gasteiger partial charge in [0.05, 0.1) is 16.4 Å². The van der Waals surface area contributed by atoms with Crippen LogP contribution < -0.4 is 5.32 Å². The molecule has 0 aliphatic carbocycles. The van der Waals surface area contributed by atoms with Crippen molar-refractivity contribution in [1.82, 2.24) is 14.6 Å². The zero-order valence-electron chi connectivity index (χ0n) is 10.8. The summed E-state index contributed by atoms with van der Waals surface area (Å²) in [5.41, 5.74) is 2.49. The SMILES string of the molecule is CCNc1cc(-c2ccccc2Cl)nc2c(Br)cnn12. The molecular weight excluding hydrogens is 340 g/mol. The first-order valence-corrected chi connectivity index (χ1v) is 7.41. The van der Waals surface area contributed by atoms with Crippen LogP contribution in [0.2, 0.25) is 5.02 Å². The van der Waals surface area contributed by atoms with E-state index in [2.05, 4.69) is 31.3 Å². The molecule has 0 radical (unpaired) electrons. The Morgan fingerprint density at radius 1 is 1.35 bits per heavy atom. The van der Waals surface area contributed by atoms with E-state index in [4.69, 9.17) is 11.6 Å². The van der Waals surface area contributed by atoms with Crippen LogP contribution in [0.5, 0.6) is 0 Å². The van der Waals surface area contributed by atoms with Gasteiger partial charge in [0, 0.05) is 23.2 Å². The van der Waals surface area contributed by atoms with Crippen molar-refractivity contribution < 1.29 is 0 Å². The van der Waals surface area contributed by atoms with Gasteiger partial charge in [-0.25, -0.2) is 4.98 Å². The second-order valence-corrected chi connectivity index (χ2v) is 5.53. The lowest BCUT2D eigenvalue weighted by molar-refractivity contribution is 0.933. The summed E-state index contributed by atoms with van der Waals surface area (Å²) in [5, 5.41) is 8.28. The highest BCUT2D eigenvalue weighted by atomic mass is 79.9. The molecule has 2 aromatic heterocycles. The van der Waals surface area contributed by atoms with Gasteiger partial charge in [-0.05, 0) is 28.9 Å². The molecule has 6 heteroatoms. The van der Waals surface area contributed by atoms with Crippen LogP contribution in [0.4, 0.5) is 5.82 Å². The summed E-state index contributed by atoms with van der Waals surface area (Å²) in [7, 11) is 0. The lowest BCUT2D eigenvalue weighted by Crippen LogP contribution is -2.05. The lowest BCUT2D eigenvalue weighted by atomic mass is 10.1. The minimum Gasteiger partial charge on any atom is -0.370 e. The topological polar surface area (TPSA) is 42.2 Å². The molecule has 0 fully saturated rings. The number of hydrogen-bond acceptors (Lipinski definition) is 3. The van der Waals surface area contributed by atoms with Crippen LogP contribution >= 0.6 is 27.5 Å². The first-order chi connectivity index (χ1) is 9.70. The first kappa shape index (κ1) is 13.4. The molecule has 1 aromatic carbocycles. The predicted octanol–water partition coefficient (Wildman–Crippen LogP) is 4.24. The Labute approximate surface area is 129 Å². The molecular formula is C14H12BrClN4. The van der Waals surface area contributed by atoms with Crippen molar-refractivity contribution >= 4 is 39.0 Å². The molecule has 0 saturated carbocycles. The van der Waals surface area contributed by atoms with Gasteiger partial charge in [0.1, 0.15) is 5.82 Å². The van der Waals surface area contributed by atoms with Crippen LogP contribution in [-0.2, 0) is 0 Å². The summed E-state index contributed by atoms with van der Waals surface area (Å²) in [4.78, 5) is 4.64. The van der Waals surface area contributed by atoms with Gasteiger partial charge < -0.3 is 5.32 Å². The number of halogens is 2. The molecule has 0 bridgehead atoms. The normalized spacial score (nSPS) is 10.9. The van der Waals surface area contributed by atoms with Crippen molar-refractivity contribution in [2.24, 2.45) is 0 Å². The van der Waals surface area contributed by atoms with Crippen LogP contribution in [0.3, 0.4) is 0 Å². The van der Waals surface area contributed by atoms with Crippen LogP contribution in [0.25, 0.3) is 16.9 Å². The van der Waals surface area contributed by atoms with Gasteiger partial charge >= 0.3 is 0 Å². The zero-order chi connectivity index (χ0) is 14.1. The quantitative estimate of drug-likeness (QED) is 0.767. The van der Waals surface area contributed by atoms with Crippen molar-refractivity contribution in [3.8, 4) is 11.3 Å². The standard InChI is InChI=1S/C14H12BrClN4/c1-2-17-13-7-12(9-5-3-4-6-11(9)16)19-14-10(15)8-18-20(13)14/h3-8,17H,2H2,1H3. The Morgan fingerprint density at radius 3 is 2.90 bits per heavy atom. The fourth-order valence-corrected chi connectivity index (χ4v) is 2.63. The third-order valence-electron chi connectivity index (χ3n) is 2.94. The lowest BCUT2D eigenvalue weighted by Gasteiger charge is -2.10. The molecule has 1 N–H and O–H groups in total. The number of nitrogens with one attached hydrogen (secondary N) is 1. The van der Waals surface area contributed by atoms with E-state index in [1.165, 1.54) is 0 Å². The third-order valence-corrected chi connectivity index (χ3v) is 3.83. The Kier molecular flexibility index (Phi) is 3.63. The molecule has 0 atom stereocenters. The third kappa shape index (κ3) is 2.27. The van der Waals surface area contributed by atoms with Crippen LogP contribution in [0, 0.1) is 0 Å². The Morgan fingerprint density at radius 2 is 2.15 bits per heavy atom. The fourth-order valence-electron chi connectivity index (χ4n) is 2.05. The number of fused-ring (bicyclic) bond motifs is 1. The zero-order valence-corrected chi connectivity index (χ0v) is 13.1. The molecule has 20 heavy (non-hydrogen) atoms. The van der Waals surface area contributed by atoms with E-state index in [1.54, 1.807) is 10.7 Å². The number of aromatic nitrogens is 3. The Hall–Kier alpha value is -1.59. The van der Waals surface area contributed by atoms with Crippen LogP contribution in [0.15, 0.2) is 41.0 Å². The summed E-state index contributed by atoms with van der Waals surface area (Å²) in [6, 6.07) is 9.63. The van der Waals surface area contributed by atoms with Gasteiger partial charge in [0.2, 0.25) is 0 Å². The molecule has 0 unspecified atom stereocenters. The van der Waals surface area contributed by atoms with E-state index in [-0.39, 0.29) is 0 Å². The number of hydrogen-bond donors (Lipinski definition) is 1. The Bertz CT molecular complexity index is 769. The van der Waals surface area contributed by atoms with Gasteiger partial charge in [0.15, 0.2) is 5.65 Å². The summed E-state index contributed by atoms with van der Waals surface area (Å²) in [6.45, 7) is 2.85. The molecule has 0 aliphatic rings. The number of rotatable bonds is 3. The summed E-state index contributed by atoms with van der Waals surface area (Å²) in [6.07, 6.45) is 1.74. The maximum atomic E-state index is 6.26. The number of nitrogens with zero attached hydrogens (tertiary/aromatic N) is 3. The van der Waals surface area contributed by atoms with Crippen molar-refractivity contribution in [2.75, 3.05) is 11.9 Å². The maximum Gasteiger partial charge on any atom is 0.172 e. The first-order valence-electron chi connectivity index (χ1n) is 6.23. The second-order valence-electron chi connectivity index (χ2n) is 4.26. The van der Waals surface area contributed by atoms with E-state index in [0.29, 0.717) is 5.02 Å². The monoisotopic (exact) mass is 350 g/mol. The number of anilines is 1. The molecule has 2 heterocycles. The maximum absolute atomic E-state index is 6.26. The highest BCUT2D eigenvalue weighted by Gasteiger charge is 2.12. The van der Waals surface area contributed by atoms with E-state index in [0.717, 1.165) is 33.7 Å². The van der Waals surface area contributed by atoms with Crippen molar-refractivity contribution in [3.05, 3.63) is 46.0 Å². The highest BCUT2D eigenvalue weighted by Crippen LogP contribution is 2.30. The Balaban J connectivity index is 2.26. The highest BCUT2D eigenvalue weighted by molar-refractivity contribution is 9.10. The summed E-state index contributed by atoms with van der Waals surface area (Å²) < 4.78 is 2.62. The van der Waals surface area contributed by atoms with E-state index in [1.807, 2.05) is 37.3 Å². The molecule has 4 nitrogen and oxygen atoms in total. The van der Waals surface area contributed by atoms with Crippen molar-refractivity contribution in [1.29, 1.82) is 0 Å². The van der Waals surface area contributed by atoms with Crippen LogP contribution in [0.1, 0.15) is 6.92 Å². The summed E-state index contributed by atoms with van der Waals surface area (Å²) in [5.74, 6) is 0.887. The van der Waals surface area contributed by atoms with E-state index < -0.39 is 0 Å². The van der Waals surface area contributed by atoms with Crippen LogP contribution in [-0.4, -0.2) is 21.1 Å². The van der Waals surface area contributed by atoms with Gasteiger partial charge in [-0.3, -0.25) is 0 Å². The second kappa shape index (κ2) is 5.42. The molecule has 0 amide bonds. The molecule has 0 aliphatic heterocycles. The van der Waals surface area contributed by atoms with Gasteiger partial charge in [-0.2, -0.15) is 9.61 Å². The van der Waals surface area contributed by atoms with Crippen molar-refractivity contribution in [3.63, 3.8) is 0 Å². The largest absolute Gasteiger partial charge is 0.370 e. The average molecular weight is 352 g/mol. The fraction of sp³-hybridized carbons (Fsp3) is 0.143. The van der Waals surface area contributed by atoms with Gasteiger partial charge in [-0.1, -0.05) is 29.8 Å². The van der Waals surface area contributed by atoms with Gasteiger partial charge in [0.25, 0.3) is 0 Å². The molecule has 3 aromatic rings. The van der Waals surface area contributed by atoms with E-state index >= 15 is 0 Å². The predicted molar refractivity (Wildman–Crippen MR) is 85.3 cm³/mol. The van der Waals surface area contributed by atoms with E-state index in [9.17, 15) is 0 Å². The molecule has 102 valence electrons. The van der Waals surface area contributed by atoms with Crippen molar-refractivity contribution in [2.45, 2.75) is 6.92 Å². The minimum atomic E-state index is 0.683. The average Bonchev–Trinajstić information content (AvgIpc) is 2.82. The van der Waals surface area contributed by atoms with Gasteiger partial charge in [-0.15, -0.1) is 0 Å². The summed E-state index contributed by atoms with van der Waals surface area (Å²) >= 11 is 9.73.